The van der Waals surface area contributed by atoms with Gasteiger partial charge in [0.05, 0.1) is 5.01 Å². The molecule has 118 valence electrons. The number of aliphatic imine (C=N–C) groups is 1. The Kier molecular flexibility index (Phi) is 6.83. The van der Waals surface area contributed by atoms with Gasteiger partial charge in [0, 0.05) is 55.2 Å². The van der Waals surface area contributed by atoms with Crippen LogP contribution in [0.2, 0.25) is 0 Å². The Labute approximate surface area is 136 Å². The Hall–Kier alpha value is -0.750. The number of thioether (sulfide) groups is 1. The minimum absolute atomic E-state index is 0.739. The van der Waals surface area contributed by atoms with E-state index in [0.717, 1.165) is 43.7 Å². The average molecular weight is 327 g/mol. The molecular formula is C15H26N4S2. The molecule has 1 saturated heterocycles. The summed E-state index contributed by atoms with van der Waals surface area (Å²) in [6.07, 6.45) is 5.29. The minimum atomic E-state index is 0.739. The zero-order valence-corrected chi connectivity index (χ0v) is 14.9. The van der Waals surface area contributed by atoms with Crippen LogP contribution in [0.1, 0.15) is 30.2 Å². The van der Waals surface area contributed by atoms with Gasteiger partial charge in [-0.15, -0.1) is 11.3 Å². The lowest BCUT2D eigenvalue weighted by Gasteiger charge is -2.34. The second kappa shape index (κ2) is 8.63. The standard InChI is InChI=1S/C15H26N4S2/c1-4-12-10-18-14(21-12)6-7-17-15(16-3)19-8-9-20-13(5-2)11-19/h10,13H,4-9,11H2,1-3H3,(H,16,17). The normalized spacial score (nSPS) is 19.9. The van der Waals surface area contributed by atoms with Crippen LogP contribution in [-0.2, 0) is 12.8 Å². The van der Waals surface area contributed by atoms with Crippen LogP contribution in [0.15, 0.2) is 11.2 Å². The van der Waals surface area contributed by atoms with Crippen molar-refractivity contribution in [2.45, 2.75) is 38.4 Å². The van der Waals surface area contributed by atoms with E-state index in [9.17, 15) is 0 Å². The van der Waals surface area contributed by atoms with E-state index in [1.807, 2.05) is 24.6 Å². The maximum atomic E-state index is 4.47. The van der Waals surface area contributed by atoms with Crippen LogP contribution < -0.4 is 5.32 Å². The Morgan fingerprint density at radius 3 is 3.05 bits per heavy atom. The molecule has 0 aromatic carbocycles. The molecule has 1 aromatic rings. The molecule has 0 radical (unpaired) electrons. The first-order valence-corrected chi connectivity index (χ1v) is 9.64. The summed E-state index contributed by atoms with van der Waals surface area (Å²) < 4.78 is 0. The molecule has 0 spiro atoms. The van der Waals surface area contributed by atoms with E-state index in [-0.39, 0.29) is 0 Å². The zero-order chi connectivity index (χ0) is 15.1. The Bertz CT molecular complexity index is 458. The summed E-state index contributed by atoms with van der Waals surface area (Å²) in [6.45, 7) is 7.56. The molecule has 1 unspecified atom stereocenters. The highest BCUT2D eigenvalue weighted by atomic mass is 32.2. The number of aryl methyl sites for hydroxylation is 1. The molecule has 6 heteroatoms. The summed E-state index contributed by atoms with van der Waals surface area (Å²) in [4.78, 5) is 12.7. The first-order chi connectivity index (χ1) is 10.3. The Balaban J connectivity index is 1.79. The van der Waals surface area contributed by atoms with Gasteiger partial charge in [0.15, 0.2) is 5.96 Å². The maximum absolute atomic E-state index is 4.47. The Morgan fingerprint density at radius 2 is 2.38 bits per heavy atom. The van der Waals surface area contributed by atoms with Crippen molar-refractivity contribution in [1.29, 1.82) is 0 Å². The summed E-state index contributed by atoms with van der Waals surface area (Å²) in [5.41, 5.74) is 0. The molecule has 1 aliphatic rings. The number of hydrogen-bond donors (Lipinski definition) is 1. The lowest BCUT2D eigenvalue weighted by Crippen LogP contribution is -2.48. The van der Waals surface area contributed by atoms with E-state index in [1.165, 1.54) is 22.1 Å². The number of hydrogen-bond acceptors (Lipinski definition) is 4. The van der Waals surface area contributed by atoms with Crippen LogP contribution in [0.3, 0.4) is 0 Å². The molecule has 0 bridgehead atoms. The monoisotopic (exact) mass is 326 g/mol. The van der Waals surface area contributed by atoms with Crippen LogP contribution in [-0.4, -0.2) is 53.5 Å². The number of rotatable bonds is 5. The van der Waals surface area contributed by atoms with Gasteiger partial charge in [-0.25, -0.2) is 4.98 Å². The second-order valence-electron chi connectivity index (χ2n) is 5.14. The minimum Gasteiger partial charge on any atom is -0.356 e. The first kappa shape index (κ1) is 16.6. The van der Waals surface area contributed by atoms with Gasteiger partial charge in [0.1, 0.15) is 0 Å². The van der Waals surface area contributed by atoms with E-state index in [1.54, 1.807) is 0 Å². The largest absolute Gasteiger partial charge is 0.356 e. The van der Waals surface area contributed by atoms with Gasteiger partial charge in [-0.3, -0.25) is 4.99 Å². The molecule has 1 aromatic heterocycles. The lowest BCUT2D eigenvalue weighted by molar-refractivity contribution is 0.408. The van der Waals surface area contributed by atoms with Crippen molar-refractivity contribution in [2.75, 3.05) is 32.4 Å². The van der Waals surface area contributed by atoms with Crippen molar-refractivity contribution in [3.63, 3.8) is 0 Å². The fraction of sp³-hybridized carbons (Fsp3) is 0.733. The van der Waals surface area contributed by atoms with Gasteiger partial charge in [-0.05, 0) is 12.8 Å². The number of aromatic nitrogens is 1. The van der Waals surface area contributed by atoms with Crippen LogP contribution in [0, 0.1) is 0 Å². The van der Waals surface area contributed by atoms with Crippen molar-refractivity contribution in [3.8, 4) is 0 Å². The summed E-state index contributed by atoms with van der Waals surface area (Å²) in [7, 11) is 1.88. The topological polar surface area (TPSA) is 40.5 Å². The molecule has 0 saturated carbocycles. The summed E-state index contributed by atoms with van der Waals surface area (Å²) in [5, 5.41) is 5.45. The van der Waals surface area contributed by atoms with Crippen molar-refractivity contribution in [1.82, 2.24) is 15.2 Å². The molecule has 21 heavy (non-hydrogen) atoms. The molecule has 0 aliphatic carbocycles. The molecular weight excluding hydrogens is 300 g/mol. The first-order valence-electron chi connectivity index (χ1n) is 7.77. The summed E-state index contributed by atoms with van der Waals surface area (Å²) in [5.74, 6) is 2.24. The third-order valence-corrected chi connectivity index (χ3v) is 6.25. The highest BCUT2D eigenvalue weighted by Gasteiger charge is 2.21. The quantitative estimate of drug-likeness (QED) is 0.667. The smallest absolute Gasteiger partial charge is 0.193 e. The fourth-order valence-electron chi connectivity index (χ4n) is 2.40. The predicted octanol–water partition coefficient (Wildman–Crippen LogP) is 2.65. The van der Waals surface area contributed by atoms with E-state index in [4.69, 9.17) is 0 Å². The van der Waals surface area contributed by atoms with Gasteiger partial charge < -0.3 is 10.2 Å². The molecule has 4 nitrogen and oxygen atoms in total. The summed E-state index contributed by atoms with van der Waals surface area (Å²) >= 11 is 3.91. The predicted molar refractivity (Wildman–Crippen MR) is 94.7 cm³/mol. The molecule has 1 atom stereocenters. The van der Waals surface area contributed by atoms with Crippen molar-refractivity contribution in [2.24, 2.45) is 4.99 Å². The van der Waals surface area contributed by atoms with Crippen LogP contribution in [0.5, 0.6) is 0 Å². The lowest BCUT2D eigenvalue weighted by atomic mass is 10.3. The van der Waals surface area contributed by atoms with Crippen molar-refractivity contribution < 1.29 is 0 Å². The van der Waals surface area contributed by atoms with Gasteiger partial charge in [-0.2, -0.15) is 11.8 Å². The van der Waals surface area contributed by atoms with Crippen LogP contribution in [0.4, 0.5) is 0 Å². The zero-order valence-electron chi connectivity index (χ0n) is 13.3. The summed E-state index contributed by atoms with van der Waals surface area (Å²) in [6, 6.07) is 0. The Morgan fingerprint density at radius 1 is 1.52 bits per heavy atom. The highest BCUT2D eigenvalue weighted by molar-refractivity contribution is 8.00. The molecule has 1 aliphatic heterocycles. The molecule has 1 N–H and O–H groups in total. The van der Waals surface area contributed by atoms with Gasteiger partial charge in [0.25, 0.3) is 0 Å². The second-order valence-corrected chi connectivity index (χ2v) is 7.75. The molecule has 2 rings (SSSR count). The average Bonchev–Trinajstić information content (AvgIpc) is 2.99. The fourth-order valence-corrected chi connectivity index (χ4v) is 4.44. The maximum Gasteiger partial charge on any atom is 0.193 e. The van der Waals surface area contributed by atoms with Crippen molar-refractivity contribution in [3.05, 3.63) is 16.1 Å². The van der Waals surface area contributed by atoms with Crippen LogP contribution in [0.25, 0.3) is 0 Å². The molecule has 0 amide bonds. The van der Waals surface area contributed by atoms with E-state index < -0.39 is 0 Å². The van der Waals surface area contributed by atoms with Gasteiger partial charge in [0.2, 0.25) is 0 Å². The third kappa shape index (κ3) is 4.88. The van der Waals surface area contributed by atoms with Crippen LogP contribution >= 0.6 is 23.1 Å². The molecule has 2 heterocycles. The molecule has 1 fully saturated rings. The third-order valence-electron chi connectivity index (χ3n) is 3.68. The van der Waals surface area contributed by atoms with Gasteiger partial charge >= 0.3 is 0 Å². The van der Waals surface area contributed by atoms with E-state index >= 15 is 0 Å². The number of nitrogens with one attached hydrogen (secondary N) is 1. The number of nitrogens with zero attached hydrogens (tertiary/aromatic N) is 3. The van der Waals surface area contributed by atoms with E-state index in [0.29, 0.717) is 0 Å². The van der Waals surface area contributed by atoms with Gasteiger partial charge in [-0.1, -0.05) is 13.8 Å². The van der Waals surface area contributed by atoms with E-state index in [2.05, 4.69) is 45.8 Å². The number of guanidine groups is 1. The SMILES string of the molecule is CCc1cnc(CCNC(=NC)N2CCSC(CC)C2)s1. The highest BCUT2D eigenvalue weighted by Crippen LogP contribution is 2.21. The van der Waals surface area contributed by atoms with Crippen molar-refractivity contribution >= 4 is 29.1 Å². The number of thiazole rings is 1.